The third-order valence-electron chi connectivity index (χ3n) is 3.35. The maximum Gasteiger partial charge on any atom is 0.194 e. The summed E-state index contributed by atoms with van der Waals surface area (Å²) in [5, 5.41) is 2.06. The number of aromatic nitrogens is 2. The van der Waals surface area contributed by atoms with Crippen LogP contribution in [0, 0.1) is 6.92 Å². The van der Waals surface area contributed by atoms with Crippen LogP contribution in [0.1, 0.15) is 37.1 Å². The lowest BCUT2D eigenvalue weighted by molar-refractivity contribution is -0.0250. The number of fused-ring (bicyclic) bond motifs is 1. The highest BCUT2D eigenvalue weighted by molar-refractivity contribution is 7.15. The average Bonchev–Trinajstić information content (AvgIpc) is 2.98. The Balaban J connectivity index is 1.63. The van der Waals surface area contributed by atoms with Gasteiger partial charge in [-0.05, 0) is 19.8 Å². The maximum absolute atomic E-state index is 5.67. The van der Waals surface area contributed by atoms with Crippen molar-refractivity contribution < 1.29 is 4.84 Å². The third kappa shape index (κ3) is 2.22. The van der Waals surface area contributed by atoms with Crippen LogP contribution in [-0.4, -0.2) is 15.5 Å². The number of hydrogen-bond acceptors (Lipinski definition) is 4. The SMILES string of the molecule is Cc1nc2sccn2c1CNOC1CCCC1. The summed E-state index contributed by atoms with van der Waals surface area (Å²) in [6.07, 6.45) is 7.44. The van der Waals surface area contributed by atoms with Crippen LogP contribution in [-0.2, 0) is 11.4 Å². The summed E-state index contributed by atoms with van der Waals surface area (Å²) in [6, 6.07) is 0. The van der Waals surface area contributed by atoms with Crippen molar-refractivity contribution in [3.63, 3.8) is 0 Å². The van der Waals surface area contributed by atoms with Crippen molar-refractivity contribution in [3.05, 3.63) is 23.0 Å². The van der Waals surface area contributed by atoms with E-state index < -0.39 is 0 Å². The van der Waals surface area contributed by atoms with Crippen molar-refractivity contribution in [2.24, 2.45) is 0 Å². The molecule has 0 bridgehead atoms. The molecule has 0 amide bonds. The molecule has 0 radical (unpaired) electrons. The molecule has 0 unspecified atom stereocenters. The van der Waals surface area contributed by atoms with Crippen LogP contribution in [0.3, 0.4) is 0 Å². The summed E-state index contributed by atoms with van der Waals surface area (Å²) in [7, 11) is 0. The number of thiazole rings is 1. The molecular weight excluding hydrogens is 234 g/mol. The highest BCUT2D eigenvalue weighted by atomic mass is 32.1. The fraction of sp³-hybridized carbons (Fsp3) is 0.583. The average molecular weight is 251 g/mol. The Morgan fingerprint density at radius 3 is 3.18 bits per heavy atom. The first-order chi connectivity index (χ1) is 8.34. The van der Waals surface area contributed by atoms with Crippen LogP contribution in [0.5, 0.6) is 0 Å². The summed E-state index contributed by atoms with van der Waals surface area (Å²) in [5.41, 5.74) is 5.37. The lowest BCUT2D eigenvalue weighted by Gasteiger charge is -2.11. The van der Waals surface area contributed by atoms with Crippen molar-refractivity contribution in [2.45, 2.75) is 45.3 Å². The van der Waals surface area contributed by atoms with Crippen molar-refractivity contribution in [2.75, 3.05) is 0 Å². The number of nitrogens with zero attached hydrogens (tertiary/aromatic N) is 2. The summed E-state index contributed by atoms with van der Waals surface area (Å²) in [5.74, 6) is 0. The van der Waals surface area contributed by atoms with Crippen molar-refractivity contribution >= 4 is 16.3 Å². The van der Waals surface area contributed by atoms with E-state index in [0.29, 0.717) is 6.10 Å². The van der Waals surface area contributed by atoms with Crippen LogP contribution in [0.15, 0.2) is 11.6 Å². The van der Waals surface area contributed by atoms with Crippen LogP contribution in [0.2, 0.25) is 0 Å². The topological polar surface area (TPSA) is 38.6 Å². The van der Waals surface area contributed by atoms with E-state index in [0.717, 1.165) is 17.2 Å². The Morgan fingerprint density at radius 1 is 1.53 bits per heavy atom. The molecule has 0 aromatic carbocycles. The minimum absolute atomic E-state index is 0.404. The minimum atomic E-state index is 0.404. The maximum atomic E-state index is 5.67. The Hall–Kier alpha value is -0.910. The molecule has 0 atom stereocenters. The molecule has 1 N–H and O–H groups in total. The number of aryl methyl sites for hydroxylation is 1. The Morgan fingerprint density at radius 2 is 2.35 bits per heavy atom. The molecule has 2 aromatic heterocycles. The van der Waals surface area contributed by atoms with Crippen LogP contribution in [0.25, 0.3) is 4.96 Å². The van der Waals surface area contributed by atoms with E-state index in [1.54, 1.807) is 11.3 Å². The third-order valence-corrected chi connectivity index (χ3v) is 4.11. The summed E-state index contributed by atoms with van der Waals surface area (Å²) < 4.78 is 2.13. The van der Waals surface area contributed by atoms with E-state index >= 15 is 0 Å². The molecule has 1 aliphatic rings. The van der Waals surface area contributed by atoms with Gasteiger partial charge in [0, 0.05) is 11.6 Å². The van der Waals surface area contributed by atoms with E-state index in [1.165, 1.54) is 31.4 Å². The smallest absolute Gasteiger partial charge is 0.194 e. The van der Waals surface area contributed by atoms with Gasteiger partial charge < -0.3 is 0 Å². The predicted octanol–water partition coefficient (Wildman–Crippen LogP) is 2.67. The van der Waals surface area contributed by atoms with Crippen molar-refractivity contribution in [1.82, 2.24) is 14.9 Å². The van der Waals surface area contributed by atoms with Gasteiger partial charge in [-0.15, -0.1) is 11.3 Å². The van der Waals surface area contributed by atoms with Gasteiger partial charge in [0.25, 0.3) is 0 Å². The van der Waals surface area contributed by atoms with Crippen LogP contribution >= 0.6 is 11.3 Å². The minimum Gasteiger partial charge on any atom is -0.298 e. The Labute approximate surface area is 105 Å². The van der Waals surface area contributed by atoms with Gasteiger partial charge in [-0.25, -0.2) is 4.98 Å². The first-order valence-corrected chi connectivity index (χ1v) is 7.02. The number of hydroxylamine groups is 1. The standard InChI is InChI=1S/C12H17N3OS/c1-9-11(15-6-7-17-12(15)14-9)8-13-16-10-4-2-3-5-10/h6-7,10,13H,2-5,8H2,1H3. The van der Waals surface area contributed by atoms with Gasteiger partial charge in [0.05, 0.1) is 24.0 Å². The second kappa shape index (κ2) is 4.76. The molecule has 1 aliphatic carbocycles. The first kappa shape index (κ1) is 11.2. The highest BCUT2D eigenvalue weighted by Crippen LogP contribution is 2.20. The molecule has 0 saturated heterocycles. The van der Waals surface area contributed by atoms with Gasteiger partial charge in [-0.1, -0.05) is 12.8 Å². The second-order valence-corrected chi connectivity index (χ2v) is 5.42. The van der Waals surface area contributed by atoms with Gasteiger partial charge in [-0.2, -0.15) is 5.48 Å². The quantitative estimate of drug-likeness (QED) is 0.849. The molecule has 5 heteroatoms. The summed E-state index contributed by atoms with van der Waals surface area (Å²) in [6.45, 7) is 2.77. The number of hydrogen-bond donors (Lipinski definition) is 1. The monoisotopic (exact) mass is 251 g/mol. The lowest BCUT2D eigenvalue weighted by atomic mass is 10.3. The first-order valence-electron chi connectivity index (χ1n) is 6.14. The van der Waals surface area contributed by atoms with Crippen molar-refractivity contribution in [3.8, 4) is 0 Å². The van der Waals surface area contributed by atoms with Gasteiger partial charge >= 0.3 is 0 Å². The molecule has 4 nitrogen and oxygen atoms in total. The normalized spacial score (nSPS) is 17.2. The van der Waals surface area contributed by atoms with E-state index in [-0.39, 0.29) is 0 Å². The zero-order valence-corrected chi connectivity index (χ0v) is 10.8. The number of nitrogens with one attached hydrogen (secondary N) is 1. The Kier molecular flexibility index (Phi) is 3.13. The molecule has 0 aliphatic heterocycles. The second-order valence-electron chi connectivity index (χ2n) is 4.54. The highest BCUT2D eigenvalue weighted by Gasteiger charge is 2.16. The van der Waals surface area contributed by atoms with Gasteiger partial charge in [0.2, 0.25) is 0 Å². The summed E-state index contributed by atoms with van der Waals surface area (Å²) >= 11 is 1.66. The van der Waals surface area contributed by atoms with E-state index in [9.17, 15) is 0 Å². The van der Waals surface area contributed by atoms with Gasteiger partial charge in [-0.3, -0.25) is 9.24 Å². The van der Waals surface area contributed by atoms with Gasteiger partial charge in [0.1, 0.15) is 0 Å². The number of imidazole rings is 1. The largest absolute Gasteiger partial charge is 0.298 e. The van der Waals surface area contributed by atoms with Crippen LogP contribution < -0.4 is 5.48 Å². The molecule has 0 spiro atoms. The molecule has 17 heavy (non-hydrogen) atoms. The van der Waals surface area contributed by atoms with E-state index in [2.05, 4.69) is 26.4 Å². The molecule has 1 saturated carbocycles. The van der Waals surface area contributed by atoms with E-state index in [1.807, 2.05) is 6.92 Å². The fourth-order valence-corrected chi connectivity index (χ4v) is 3.17. The molecule has 3 rings (SSSR count). The van der Waals surface area contributed by atoms with Gasteiger partial charge in [0.15, 0.2) is 4.96 Å². The molecular formula is C12H17N3OS. The summed E-state index contributed by atoms with van der Waals surface area (Å²) in [4.78, 5) is 11.2. The zero-order valence-electron chi connectivity index (χ0n) is 9.98. The molecule has 2 heterocycles. The zero-order chi connectivity index (χ0) is 11.7. The molecule has 2 aromatic rings. The molecule has 92 valence electrons. The van der Waals surface area contributed by atoms with Crippen molar-refractivity contribution in [1.29, 1.82) is 0 Å². The van der Waals surface area contributed by atoms with Crippen LogP contribution in [0.4, 0.5) is 0 Å². The fourth-order valence-electron chi connectivity index (χ4n) is 2.39. The predicted molar refractivity (Wildman–Crippen MR) is 68.0 cm³/mol. The Bertz CT molecular complexity index is 499. The molecule has 1 fully saturated rings. The lowest BCUT2D eigenvalue weighted by Crippen LogP contribution is -2.22. The van der Waals surface area contributed by atoms with E-state index in [4.69, 9.17) is 4.84 Å². The number of rotatable bonds is 4.